The number of aromatic nitrogens is 1. The number of benzene rings is 1. The molecule has 1 aromatic carbocycles. The van der Waals surface area contributed by atoms with Crippen LogP contribution in [0.1, 0.15) is 0 Å². The van der Waals surface area contributed by atoms with E-state index in [2.05, 4.69) is 16.7 Å². The van der Waals surface area contributed by atoms with E-state index in [9.17, 15) is 3.09 Å². The van der Waals surface area contributed by atoms with Crippen LogP contribution in [0.4, 0.5) is 3.09 Å². The molecule has 0 bridgehead atoms. The largest absolute Gasteiger partial charge is 0.377 e. The summed E-state index contributed by atoms with van der Waals surface area (Å²) in [6.07, 6.45) is 4.03. The maximum Gasteiger partial charge on any atom is -0.00357 e. The Balaban J connectivity index is 0.000000396. The van der Waals surface area contributed by atoms with E-state index < -0.39 is 0 Å². The molecule has 1 heterocycles. The molecule has 0 N–H and O–H groups in total. The third kappa shape index (κ3) is 2.83. The number of hydrogen-bond acceptors (Lipinski definition) is 0. The number of halogens is 1. The van der Waals surface area contributed by atoms with Gasteiger partial charge in [0.05, 0.1) is 0 Å². The molecule has 0 fully saturated rings. The summed E-state index contributed by atoms with van der Waals surface area (Å²) in [5.74, 6) is 0. The quantitative estimate of drug-likeness (QED) is 0.502. The molecule has 1 aromatic heterocycles. The van der Waals surface area contributed by atoms with Crippen molar-refractivity contribution < 1.29 is 24.1 Å². The number of nitrogens with zero attached hydrogens (tertiary/aromatic N) is 1. The van der Waals surface area contributed by atoms with Crippen molar-refractivity contribution in [1.82, 2.24) is 4.57 Å². The van der Waals surface area contributed by atoms with Crippen molar-refractivity contribution in [2.45, 2.75) is 0 Å². The van der Waals surface area contributed by atoms with Crippen LogP contribution in [0.3, 0.4) is 0 Å². The molecule has 13 heavy (non-hydrogen) atoms. The minimum absolute atomic E-state index is 0.500. The molecule has 0 aliphatic rings. The Morgan fingerprint density at radius 1 is 1.15 bits per heavy atom. The Morgan fingerprint density at radius 3 is 2.38 bits per heavy atom. The van der Waals surface area contributed by atoms with Crippen molar-refractivity contribution in [2.75, 3.05) is 0 Å². The summed E-state index contributed by atoms with van der Waals surface area (Å²) in [6.45, 7) is 0. The van der Waals surface area contributed by atoms with E-state index in [0.717, 1.165) is 5.69 Å². The molecular weight excluding hydrogens is 201 g/mol. The second kappa shape index (κ2) is 5.73. The van der Waals surface area contributed by atoms with Gasteiger partial charge in [-0.1, -0.05) is 5.69 Å². The SMILES string of the molecule is [F][Ti+].[c-]1cccc(-n2cccc2)c1. The average molecular weight is 209 g/mol. The summed E-state index contributed by atoms with van der Waals surface area (Å²) in [6, 6.07) is 14.9. The van der Waals surface area contributed by atoms with Gasteiger partial charge in [0.15, 0.2) is 0 Å². The molecule has 1 nitrogen and oxygen atoms in total. The first-order valence-corrected chi connectivity index (χ1v) is 4.34. The van der Waals surface area contributed by atoms with Crippen LogP contribution in [0.15, 0.2) is 48.8 Å². The van der Waals surface area contributed by atoms with Crippen molar-refractivity contribution >= 4 is 0 Å². The zero-order valence-electron chi connectivity index (χ0n) is 6.94. The molecule has 64 valence electrons. The Morgan fingerprint density at radius 2 is 1.85 bits per heavy atom. The predicted octanol–water partition coefficient (Wildman–Crippen LogP) is 2.70. The molecule has 0 atom stereocenters. The van der Waals surface area contributed by atoms with Gasteiger partial charge in [0.25, 0.3) is 0 Å². The Hall–Kier alpha value is -0.856. The predicted molar refractivity (Wildman–Crippen MR) is 45.7 cm³/mol. The van der Waals surface area contributed by atoms with Crippen LogP contribution in [0, 0.1) is 6.07 Å². The third-order valence-corrected chi connectivity index (χ3v) is 1.59. The van der Waals surface area contributed by atoms with Gasteiger partial charge >= 0.3 is 24.1 Å². The molecule has 0 radical (unpaired) electrons. The maximum atomic E-state index is 9.50. The van der Waals surface area contributed by atoms with E-state index in [1.165, 1.54) is 0 Å². The summed E-state index contributed by atoms with van der Waals surface area (Å²) in [5.41, 5.74) is 1.15. The molecule has 2 rings (SSSR count). The van der Waals surface area contributed by atoms with Crippen molar-refractivity contribution in [3.05, 3.63) is 54.9 Å². The van der Waals surface area contributed by atoms with E-state index in [-0.39, 0.29) is 0 Å². The van der Waals surface area contributed by atoms with Crippen molar-refractivity contribution in [3.8, 4) is 5.69 Å². The maximum absolute atomic E-state index is 9.50. The molecule has 0 amide bonds. The summed E-state index contributed by atoms with van der Waals surface area (Å²) < 4.78 is 11.6. The molecule has 0 saturated carbocycles. The first kappa shape index (κ1) is 10.2. The van der Waals surface area contributed by atoms with Gasteiger partial charge in [-0.15, -0.1) is 6.07 Å². The summed E-state index contributed by atoms with van der Waals surface area (Å²) >= 11 is 0.500. The third-order valence-electron chi connectivity index (χ3n) is 1.59. The first-order chi connectivity index (χ1) is 6.47. The molecule has 0 unspecified atom stereocenters. The Labute approximate surface area is 89.3 Å². The van der Waals surface area contributed by atoms with Gasteiger partial charge in [-0.3, -0.25) is 0 Å². The van der Waals surface area contributed by atoms with Crippen LogP contribution >= 0.6 is 0 Å². The molecule has 0 aliphatic carbocycles. The molecule has 2 aromatic rings. The molecule has 0 saturated heterocycles. The van der Waals surface area contributed by atoms with Crippen LogP contribution in [0.2, 0.25) is 0 Å². The van der Waals surface area contributed by atoms with Gasteiger partial charge in [0.1, 0.15) is 0 Å². The fourth-order valence-corrected chi connectivity index (χ4v) is 1.05. The molecule has 3 heteroatoms. The van der Waals surface area contributed by atoms with Crippen molar-refractivity contribution in [3.63, 3.8) is 0 Å². The Bertz CT molecular complexity index is 318. The topological polar surface area (TPSA) is 4.93 Å². The van der Waals surface area contributed by atoms with Gasteiger partial charge < -0.3 is 4.57 Å². The van der Waals surface area contributed by atoms with E-state index in [1.807, 2.05) is 42.7 Å². The minimum atomic E-state index is 0.500. The van der Waals surface area contributed by atoms with Gasteiger partial charge in [0.2, 0.25) is 0 Å². The van der Waals surface area contributed by atoms with Gasteiger partial charge in [-0.2, -0.15) is 24.3 Å². The summed E-state index contributed by atoms with van der Waals surface area (Å²) in [7, 11) is 0. The molecule has 0 aliphatic heterocycles. The average Bonchev–Trinajstić information content (AvgIpc) is 2.75. The molecular formula is C10H8FNTi. The zero-order valence-corrected chi connectivity index (χ0v) is 8.51. The second-order valence-corrected chi connectivity index (χ2v) is 2.35. The van der Waals surface area contributed by atoms with E-state index >= 15 is 0 Å². The fraction of sp³-hybridized carbons (Fsp3) is 0. The van der Waals surface area contributed by atoms with E-state index in [0.29, 0.717) is 21.0 Å². The van der Waals surface area contributed by atoms with Crippen LogP contribution < -0.4 is 0 Å². The smallest absolute Gasteiger partial charge is 0.00357 e. The van der Waals surface area contributed by atoms with Crippen LogP contribution in [-0.4, -0.2) is 4.57 Å². The normalized spacial score (nSPS) is 8.62. The molecule has 0 spiro atoms. The summed E-state index contributed by atoms with van der Waals surface area (Å²) in [4.78, 5) is 0. The van der Waals surface area contributed by atoms with Gasteiger partial charge in [-0.25, -0.2) is 0 Å². The zero-order chi connectivity index (χ0) is 9.52. The first-order valence-electron chi connectivity index (χ1n) is 3.75. The minimum Gasteiger partial charge on any atom is -0.377 e. The van der Waals surface area contributed by atoms with Crippen molar-refractivity contribution in [1.29, 1.82) is 0 Å². The summed E-state index contributed by atoms with van der Waals surface area (Å²) in [5, 5.41) is 0. The van der Waals surface area contributed by atoms with Crippen LogP contribution in [-0.2, 0) is 21.0 Å². The van der Waals surface area contributed by atoms with Gasteiger partial charge in [0, 0.05) is 0 Å². The monoisotopic (exact) mass is 209 g/mol. The van der Waals surface area contributed by atoms with Crippen LogP contribution in [0.5, 0.6) is 0 Å². The van der Waals surface area contributed by atoms with E-state index in [4.69, 9.17) is 0 Å². The van der Waals surface area contributed by atoms with Crippen molar-refractivity contribution in [2.24, 2.45) is 0 Å². The fourth-order valence-electron chi connectivity index (χ4n) is 1.05. The van der Waals surface area contributed by atoms with E-state index in [1.54, 1.807) is 0 Å². The van der Waals surface area contributed by atoms with Gasteiger partial charge in [-0.05, 0) is 24.5 Å². The number of rotatable bonds is 1. The number of hydrogen-bond donors (Lipinski definition) is 0. The van der Waals surface area contributed by atoms with Crippen LogP contribution in [0.25, 0.3) is 5.69 Å². The second-order valence-electron chi connectivity index (χ2n) is 2.35. The standard InChI is InChI=1S/C10H8N.FH.Ti/c1-2-6-10(7-3-1)11-8-4-5-9-11;;/h1-2,4-9H;1H;/q-1;;+2/p-1. The Kier molecular flexibility index (Phi) is 4.51.